The van der Waals surface area contributed by atoms with Crippen molar-refractivity contribution >= 4 is 38.5 Å². The van der Waals surface area contributed by atoms with Gasteiger partial charge in [0.15, 0.2) is 0 Å². The number of ketones is 1. The molecular formula is C27H32N4O5S. The number of pyridine rings is 1. The molecule has 3 unspecified atom stereocenters. The number of fused-ring (bicyclic) bond motifs is 3. The fraction of sp³-hybridized carbons (Fsp3) is 0.630. The van der Waals surface area contributed by atoms with Crippen LogP contribution in [0.5, 0.6) is 0 Å². The maximum absolute atomic E-state index is 13.0. The second-order valence-electron chi connectivity index (χ2n) is 12.1. The van der Waals surface area contributed by atoms with E-state index in [2.05, 4.69) is 27.1 Å². The molecule has 1 saturated heterocycles. The molecule has 5 atom stereocenters. The van der Waals surface area contributed by atoms with Gasteiger partial charge in [-0.25, -0.2) is 8.42 Å². The topological polar surface area (TPSA) is 131 Å². The van der Waals surface area contributed by atoms with Gasteiger partial charge < -0.3 is 10.4 Å². The van der Waals surface area contributed by atoms with Gasteiger partial charge >= 0.3 is 0 Å². The lowest BCUT2D eigenvalue weighted by Crippen LogP contribution is -2.55. The van der Waals surface area contributed by atoms with Crippen LogP contribution in [-0.4, -0.2) is 63.1 Å². The van der Waals surface area contributed by atoms with E-state index in [9.17, 15) is 23.1 Å². The molecule has 0 aromatic carbocycles. The maximum Gasteiger partial charge on any atom is 0.288 e. The molecule has 9 nitrogen and oxygen atoms in total. The van der Waals surface area contributed by atoms with Crippen molar-refractivity contribution in [2.45, 2.75) is 75.5 Å². The van der Waals surface area contributed by atoms with Crippen molar-refractivity contribution in [2.24, 2.45) is 17.8 Å². The first kappa shape index (κ1) is 23.5. The highest BCUT2D eigenvalue weighted by Gasteiger charge is 2.56. The Balaban J connectivity index is 1.19. The number of allylic oxidation sites excluding steroid dienone is 1. The van der Waals surface area contributed by atoms with Gasteiger partial charge in [0.05, 0.1) is 46.5 Å². The zero-order chi connectivity index (χ0) is 25.5. The molecule has 0 spiro atoms. The number of aliphatic hydroxyl groups is 1. The predicted octanol–water partition coefficient (Wildman–Crippen LogP) is 1.92. The van der Waals surface area contributed by atoms with Gasteiger partial charge in [-0.1, -0.05) is 12.2 Å². The summed E-state index contributed by atoms with van der Waals surface area (Å²) >= 11 is 0. The number of nitrogens with one attached hydrogen (secondary N) is 1. The number of sulfone groups is 1. The molecule has 4 saturated carbocycles. The van der Waals surface area contributed by atoms with E-state index in [0.29, 0.717) is 36.3 Å². The fourth-order valence-corrected chi connectivity index (χ4v) is 9.60. The molecule has 3 heterocycles. The maximum atomic E-state index is 13.0. The minimum atomic E-state index is -3.05. The van der Waals surface area contributed by atoms with Crippen LogP contribution in [0.2, 0.25) is 0 Å². The molecule has 1 aliphatic heterocycles. The van der Waals surface area contributed by atoms with E-state index in [0.717, 1.165) is 60.7 Å². The van der Waals surface area contributed by atoms with Crippen LogP contribution in [0.3, 0.4) is 0 Å². The smallest absolute Gasteiger partial charge is 0.288 e. The number of nitrogens with zero attached hydrogens (tertiary/aromatic N) is 3. The summed E-state index contributed by atoms with van der Waals surface area (Å²) in [6.45, 7) is 0. The number of carbonyl (C=O) groups excluding carboxylic acids is 2. The molecule has 1 amide bonds. The third-order valence-corrected chi connectivity index (χ3v) is 11.2. The van der Waals surface area contributed by atoms with Gasteiger partial charge in [0, 0.05) is 29.6 Å². The van der Waals surface area contributed by atoms with E-state index >= 15 is 0 Å². The van der Waals surface area contributed by atoms with Gasteiger partial charge in [-0.05, 0) is 62.7 Å². The average molecular weight is 525 g/mol. The summed E-state index contributed by atoms with van der Waals surface area (Å²) in [5.74, 6) is 0.0858. The second kappa shape index (κ2) is 8.20. The van der Waals surface area contributed by atoms with Crippen LogP contribution in [0.4, 0.5) is 0 Å². The lowest BCUT2D eigenvalue weighted by Gasteiger charge is -2.58. The van der Waals surface area contributed by atoms with Gasteiger partial charge in [0.1, 0.15) is 9.84 Å². The highest BCUT2D eigenvalue weighted by atomic mass is 32.2. The normalized spacial score (nSPS) is 33.6. The Morgan fingerprint density at radius 3 is 2.57 bits per heavy atom. The Morgan fingerprint density at radius 2 is 1.86 bits per heavy atom. The number of aromatic nitrogens is 3. The largest absolute Gasteiger partial charge is 0.390 e. The van der Waals surface area contributed by atoms with E-state index < -0.39 is 27.1 Å². The summed E-state index contributed by atoms with van der Waals surface area (Å²) < 4.78 is 25.5. The molecule has 8 rings (SSSR count). The van der Waals surface area contributed by atoms with Crippen molar-refractivity contribution in [3.8, 4) is 0 Å². The highest BCUT2D eigenvalue weighted by molar-refractivity contribution is 7.91. The molecule has 5 aliphatic carbocycles. The number of amides is 1. The van der Waals surface area contributed by atoms with Crippen LogP contribution < -0.4 is 5.32 Å². The van der Waals surface area contributed by atoms with E-state index in [1.54, 1.807) is 6.20 Å². The van der Waals surface area contributed by atoms with Crippen molar-refractivity contribution in [3.05, 3.63) is 29.2 Å². The fourth-order valence-electron chi connectivity index (χ4n) is 8.11. The SMILES string of the molecule is O=C(Cc1nn(C2[C@@H]3CC4C[C@H]2CC(O)(C4)C3)c2c3c(ncc12)CC=C3)C(=O)NC1CCS(=O)(=O)CC1. The van der Waals surface area contributed by atoms with Crippen molar-refractivity contribution in [3.63, 3.8) is 0 Å². The highest BCUT2D eigenvalue weighted by Crippen LogP contribution is 2.60. The van der Waals surface area contributed by atoms with Crippen molar-refractivity contribution < 1.29 is 23.1 Å². The summed E-state index contributed by atoms with van der Waals surface area (Å²) in [6, 6.07) is -0.134. The summed E-state index contributed by atoms with van der Waals surface area (Å²) in [7, 11) is -3.05. The molecule has 2 aromatic heterocycles. The zero-order valence-corrected chi connectivity index (χ0v) is 21.5. The number of hydrogen-bond donors (Lipinski definition) is 2. The third-order valence-electron chi connectivity index (χ3n) is 9.48. The lowest BCUT2D eigenvalue weighted by atomic mass is 9.52. The Labute approximate surface area is 215 Å². The second-order valence-corrected chi connectivity index (χ2v) is 14.4. The summed E-state index contributed by atoms with van der Waals surface area (Å²) in [5, 5.41) is 19.7. The first-order valence-electron chi connectivity index (χ1n) is 13.5. The molecule has 5 fully saturated rings. The molecule has 4 bridgehead atoms. The van der Waals surface area contributed by atoms with Crippen LogP contribution in [0.15, 0.2) is 12.3 Å². The first-order valence-corrected chi connectivity index (χ1v) is 15.3. The van der Waals surface area contributed by atoms with Crippen LogP contribution in [0.25, 0.3) is 17.0 Å². The molecule has 196 valence electrons. The van der Waals surface area contributed by atoms with Crippen LogP contribution in [-0.2, 0) is 32.3 Å². The van der Waals surface area contributed by atoms with E-state index in [4.69, 9.17) is 5.10 Å². The first-order chi connectivity index (χ1) is 17.7. The number of Topliss-reactive ketones (excluding diaryl/α,β-unsaturated/α-hetero) is 1. The van der Waals surface area contributed by atoms with Crippen LogP contribution in [0, 0.1) is 17.8 Å². The Bertz CT molecular complexity index is 1430. The number of rotatable bonds is 5. The summed E-state index contributed by atoms with van der Waals surface area (Å²) in [4.78, 5) is 30.4. The molecule has 2 aromatic rings. The molecular weight excluding hydrogens is 492 g/mol. The van der Waals surface area contributed by atoms with Crippen molar-refractivity contribution in [1.82, 2.24) is 20.1 Å². The van der Waals surface area contributed by atoms with Crippen LogP contribution in [0.1, 0.15) is 67.9 Å². The number of hydrogen-bond acceptors (Lipinski definition) is 7. The van der Waals surface area contributed by atoms with E-state index in [1.165, 1.54) is 0 Å². The monoisotopic (exact) mass is 524 g/mol. The Morgan fingerprint density at radius 1 is 1.14 bits per heavy atom. The number of carbonyl (C=O) groups is 2. The standard InChI is InChI=1S/C27H32N4O5S/c32-23(26(33)29-18-4-6-37(35,36)7-5-18)10-22-20-14-28-21-3-1-2-19(21)25(20)31(30-22)24-16-8-15-9-17(24)13-27(34,11-15)12-16/h1-2,14-18,24,34H,3-13H2,(H,29,33)/t15?,16-,17+,24?,27?. The third kappa shape index (κ3) is 3.94. The van der Waals surface area contributed by atoms with Crippen LogP contribution >= 0.6 is 0 Å². The van der Waals surface area contributed by atoms with Gasteiger partial charge in [0.25, 0.3) is 5.91 Å². The summed E-state index contributed by atoms with van der Waals surface area (Å²) in [5.41, 5.74) is 3.05. The van der Waals surface area contributed by atoms with Gasteiger partial charge in [-0.15, -0.1) is 0 Å². The molecule has 0 radical (unpaired) electrons. The van der Waals surface area contributed by atoms with E-state index in [-0.39, 0.29) is 30.0 Å². The Hall–Kier alpha value is -2.59. The average Bonchev–Trinajstić information content (AvgIpc) is 3.44. The summed E-state index contributed by atoms with van der Waals surface area (Å²) in [6.07, 6.45) is 12.0. The van der Waals surface area contributed by atoms with Crippen molar-refractivity contribution in [1.29, 1.82) is 0 Å². The molecule has 2 N–H and O–H groups in total. The molecule has 37 heavy (non-hydrogen) atoms. The van der Waals surface area contributed by atoms with Gasteiger partial charge in [-0.2, -0.15) is 5.10 Å². The zero-order valence-electron chi connectivity index (χ0n) is 20.7. The lowest BCUT2D eigenvalue weighted by molar-refractivity contribution is -0.148. The minimum absolute atomic E-state index is 0.0329. The van der Waals surface area contributed by atoms with E-state index in [1.807, 2.05) is 0 Å². The Kier molecular flexibility index (Phi) is 5.21. The van der Waals surface area contributed by atoms with Crippen molar-refractivity contribution in [2.75, 3.05) is 11.5 Å². The quantitative estimate of drug-likeness (QED) is 0.571. The predicted molar refractivity (Wildman–Crippen MR) is 136 cm³/mol. The van der Waals surface area contributed by atoms with Gasteiger partial charge in [0.2, 0.25) is 5.78 Å². The molecule has 10 heteroatoms. The minimum Gasteiger partial charge on any atom is -0.390 e. The molecule has 6 aliphatic rings. The van der Waals surface area contributed by atoms with Gasteiger partial charge in [-0.3, -0.25) is 19.3 Å².